The number of ether oxygens (including phenoxy) is 1. The van der Waals surface area contributed by atoms with Crippen molar-refractivity contribution in [3.63, 3.8) is 0 Å². The van der Waals surface area contributed by atoms with Crippen LogP contribution in [-0.2, 0) is 14.8 Å². The molecule has 7 nitrogen and oxygen atoms in total. The highest BCUT2D eigenvalue weighted by molar-refractivity contribution is 7.93. The molecule has 2 aromatic heterocycles. The van der Waals surface area contributed by atoms with Gasteiger partial charge in [-0.1, -0.05) is 11.6 Å². The fourth-order valence-electron chi connectivity index (χ4n) is 1.31. The summed E-state index contributed by atoms with van der Waals surface area (Å²) in [6.07, 6.45) is 2.37. The van der Waals surface area contributed by atoms with E-state index in [0.717, 1.165) is 11.3 Å². The molecule has 0 unspecified atom stereocenters. The fourth-order valence-corrected chi connectivity index (χ4v) is 3.73. The summed E-state index contributed by atoms with van der Waals surface area (Å²) < 4.78 is 31.1. The molecule has 1 N–H and O–H groups in total. The van der Waals surface area contributed by atoms with Crippen LogP contribution in [0.25, 0.3) is 0 Å². The quantitative estimate of drug-likeness (QED) is 0.856. The molecule has 0 radical (unpaired) electrons. The van der Waals surface area contributed by atoms with Crippen molar-refractivity contribution in [3.8, 4) is 0 Å². The molecule has 0 saturated heterocycles. The number of halogens is 1. The van der Waals surface area contributed by atoms with E-state index < -0.39 is 16.0 Å². The Morgan fingerprint density at radius 1 is 1.40 bits per heavy atom. The van der Waals surface area contributed by atoms with Gasteiger partial charge in [0.25, 0.3) is 10.0 Å². The highest BCUT2D eigenvalue weighted by atomic mass is 35.5. The van der Waals surface area contributed by atoms with E-state index in [4.69, 9.17) is 11.6 Å². The number of aromatic nitrogens is 2. The minimum absolute atomic E-state index is 0.00332. The monoisotopic (exact) mass is 333 g/mol. The molecule has 10 heteroatoms. The molecule has 0 spiro atoms. The lowest BCUT2D eigenvalue weighted by Crippen LogP contribution is -2.16. The predicted molar refractivity (Wildman–Crippen MR) is 73.5 cm³/mol. The van der Waals surface area contributed by atoms with Crippen LogP contribution in [0.15, 0.2) is 28.7 Å². The first-order chi connectivity index (χ1) is 9.44. The van der Waals surface area contributed by atoms with Crippen molar-refractivity contribution in [3.05, 3.63) is 33.9 Å². The first-order valence-electron chi connectivity index (χ1n) is 5.10. The van der Waals surface area contributed by atoms with Crippen LogP contribution in [-0.4, -0.2) is 31.5 Å². The second kappa shape index (κ2) is 5.73. The van der Waals surface area contributed by atoms with Crippen LogP contribution >= 0.6 is 22.9 Å². The van der Waals surface area contributed by atoms with Crippen molar-refractivity contribution < 1.29 is 17.9 Å². The molecule has 0 bridgehead atoms. The Morgan fingerprint density at radius 3 is 2.75 bits per heavy atom. The Balaban J connectivity index is 2.34. The molecule has 106 valence electrons. The van der Waals surface area contributed by atoms with Gasteiger partial charge >= 0.3 is 5.97 Å². The standard InChI is InChI=1S/C10H8ClN3O4S2/c1-18-10(15)9-6(2-3-19-9)20(16,17)14-8-5-12-7(11)4-13-8/h2-5H,1H3,(H,13,14). The first kappa shape index (κ1) is 14.7. The van der Waals surface area contributed by atoms with Gasteiger partial charge in [0.05, 0.1) is 19.5 Å². The number of nitrogens with zero attached hydrogens (tertiary/aromatic N) is 2. The van der Waals surface area contributed by atoms with Crippen molar-refractivity contribution in [1.82, 2.24) is 9.97 Å². The highest BCUT2D eigenvalue weighted by Crippen LogP contribution is 2.24. The van der Waals surface area contributed by atoms with E-state index >= 15 is 0 Å². The van der Waals surface area contributed by atoms with E-state index in [1.54, 1.807) is 0 Å². The zero-order valence-corrected chi connectivity index (χ0v) is 12.4. The zero-order chi connectivity index (χ0) is 14.8. The number of hydrogen-bond donors (Lipinski definition) is 1. The fraction of sp³-hybridized carbons (Fsp3) is 0.100. The van der Waals surface area contributed by atoms with Gasteiger partial charge in [-0.15, -0.1) is 11.3 Å². The third kappa shape index (κ3) is 3.06. The summed E-state index contributed by atoms with van der Waals surface area (Å²) in [5, 5.41) is 1.62. The molecule has 2 heterocycles. The SMILES string of the molecule is COC(=O)c1sccc1S(=O)(=O)Nc1cnc(Cl)cn1. The zero-order valence-electron chi connectivity index (χ0n) is 10.0. The molecule has 0 amide bonds. The minimum atomic E-state index is -3.95. The second-order valence-electron chi connectivity index (χ2n) is 3.44. The molecule has 2 rings (SSSR count). The van der Waals surface area contributed by atoms with Crippen molar-refractivity contribution in [2.24, 2.45) is 0 Å². The van der Waals surface area contributed by atoms with Gasteiger partial charge in [-0.3, -0.25) is 4.72 Å². The summed E-state index contributed by atoms with van der Waals surface area (Å²) in [6.45, 7) is 0. The van der Waals surface area contributed by atoms with Crippen molar-refractivity contribution in [2.45, 2.75) is 4.90 Å². The Kier molecular flexibility index (Phi) is 4.21. The van der Waals surface area contributed by atoms with Crippen LogP contribution in [0.5, 0.6) is 0 Å². The van der Waals surface area contributed by atoms with Gasteiger partial charge in [-0.05, 0) is 11.4 Å². The number of thiophene rings is 1. The smallest absolute Gasteiger partial charge is 0.349 e. The molecule has 0 aliphatic carbocycles. The van der Waals surface area contributed by atoms with Gasteiger partial charge in [0, 0.05) is 0 Å². The van der Waals surface area contributed by atoms with E-state index in [1.807, 2.05) is 0 Å². The number of sulfonamides is 1. The molecule has 2 aromatic rings. The van der Waals surface area contributed by atoms with Crippen LogP contribution in [0.4, 0.5) is 5.82 Å². The van der Waals surface area contributed by atoms with E-state index in [-0.39, 0.29) is 20.7 Å². The molecule has 0 saturated carbocycles. The van der Waals surface area contributed by atoms with Crippen molar-refractivity contribution >= 4 is 44.7 Å². The van der Waals surface area contributed by atoms with Gasteiger partial charge in [0.1, 0.15) is 14.9 Å². The second-order valence-corrected chi connectivity index (χ2v) is 6.39. The summed E-state index contributed by atoms with van der Waals surface area (Å²) in [7, 11) is -2.78. The number of carbonyl (C=O) groups excluding carboxylic acids is 1. The number of nitrogens with one attached hydrogen (secondary N) is 1. The van der Waals surface area contributed by atoms with E-state index in [1.165, 1.54) is 30.9 Å². The van der Waals surface area contributed by atoms with Crippen molar-refractivity contribution in [1.29, 1.82) is 0 Å². The third-order valence-corrected chi connectivity index (χ3v) is 4.76. The maximum Gasteiger partial charge on any atom is 0.349 e. The summed E-state index contributed by atoms with van der Waals surface area (Å²) in [4.78, 5) is 18.8. The van der Waals surface area contributed by atoms with Gasteiger partial charge < -0.3 is 4.74 Å². The number of anilines is 1. The van der Waals surface area contributed by atoms with Gasteiger partial charge in [-0.25, -0.2) is 23.2 Å². The van der Waals surface area contributed by atoms with Crippen LogP contribution < -0.4 is 4.72 Å². The topological polar surface area (TPSA) is 98.2 Å². The Bertz CT molecular complexity index is 727. The number of carbonyl (C=O) groups is 1. The lowest BCUT2D eigenvalue weighted by Gasteiger charge is -2.06. The summed E-state index contributed by atoms with van der Waals surface area (Å²) in [5.41, 5.74) is 0. The van der Waals surface area contributed by atoms with Gasteiger partial charge in [0.15, 0.2) is 5.82 Å². The maximum absolute atomic E-state index is 12.2. The number of esters is 1. The van der Waals surface area contributed by atoms with E-state index in [9.17, 15) is 13.2 Å². The Hall–Kier alpha value is -1.71. The molecule has 0 fully saturated rings. The normalized spacial score (nSPS) is 11.1. The average Bonchev–Trinajstić information content (AvgIpc) is 2.90. The summed E-state index contributed by atoms with van der Waals surface area (Å²) in [5.74, 6) is -0.723. The largest absolute Gasteiger partial charge is 0.465 e. The van der Waals surface area contributed by atoms with Gasteiger partial charge in [-0.2, -0.15) is 0 Å². The van der Waals surface area contributed by atoms with E-state index in [0.29, 0.717) is 0 Å². The summed E-state index contributed by atoms with van der Waals surface area (Å²) >= 11 is 6.53. The molecule has 0 atom stereocenters. The number of hydrogen-bond acceptors (Lipinski definition) is 7. The Morgan fingerprint density at radius 2 is 2.15 bits per heavy atom. The molecule has 0 aromatic carbocycles. The molecule has 0 aliphatic rings. The molecule has 20 heavy (non-hydrogen) atoms. The molecular weight excluding hydrogens is 326 g/mol. The third-order valence-electron chi connectivity index (χ3n) is 2.15. The van der Waals surface area contributed by atoms with Crippen LogP contribution in [0.1, 0.15) is 9.67 Å². The maximum atomic E-state index is 12.2. The highest BCUT2D eigenvalue weighted by Gasteiger charge is 2.25. The van der Waals surface area contributed by atoms with Gasteiger partial charge in [0.2, 0.25) is 0 Å². The first-order valence-corrected chi connectivity index (χ1v) is 7.84. The average molecular weight is 334 g/mol. The van der Waals surface area contributed by atoms with Crippen LogP contribution in [0.3, 0.4) is 0 Å². The van der Waals surface area contributed by atoms with Crippen LogP contribution in [0, 0.1) is 0 Å². The Labute approximate surface area is 123 Å². The lowest BCUT2D eigenvalue weighted by atomic mass is 10.5. The molecule has 0 aliphatic heterocycles. The number of rotatable bonds is 4. The molecular formula is C10H8ClN3O4S2. The summed E-state index contributed by atoms with van der Waals surface area (Å²) in [6, 6.07) is 1.31. The van der Waals surface area contributed by atoms with E-state index in [2.05, 4.69) is 19.4 Å². The lowest BCUT2D eigenvalue weighted by molar-refractivity contribution is 0.0602. The minimum Gasteiger partial charge on any atom is -0.465 e. The van der Waals surface area contributed by atoms with Crippen LogP contribution in [0.2, 0.25) is 5.15 Å². The predicted octanol–water partition coefficient (Wildman–Crippen LogP) is 1.78. The van der Waals surface area contributed by atoms with Crippen molar-refractivity contribution in [2.75, 3.05) is 11.8 Å². The number of methoxy groups -OCH3 is 1.